The predicted octanol–water partition coefficient (Wildman–Crippen LogP) is 5.85. The Hall–Kier alpha value is 2.73. The molecule has 0 aromatic rings. The van der Waals surface area contributed by atoms with Gasteiger partial charge in [-0.2, -0.15) is 47.0 Å². The summed E-state index contributed by atoms with van der Waals surface area (Å²) in [7, 11) is -1.38. The number of rotatable bonds is 27. The van der Waals surface area contributed by atoms with Gasteiger partial charge in [0.25, 0.3) is 0 Å². The van der Waals surface area contributed by atoms with Crippen LogP contribution in [0.25, 0.3) is 0 Å². The third-order valence-corrected chi connectivity index (χ3v) is 16.4. The molecule has 4 nitrogen and oxygen atoms in total. The summed E-state index contributed by atoms with van der Waals surface area (Å²) in [5.41, 5.74) is 0. The number of aliphatic hydroxyl groups is 1. The molecule has 2 unspecified atom stereocenters. The smallest absolute Gasteiger partial charge is 0.189 e. The zero-order valence-electron chi connectivity index (χ0n) is 20.0. The first kappa shape index (κ1) is 36.7. The van der Waals surface area contributed by atoms with Gasteiger partial charge < -0.3 is 5.11 Å². The topological polar surface area (TPSA) is 71.4 Å². The molecule has 0 radical (unpaired) electrons. The molecular formula is C20H40O4S10. The van der Waals surface area contributed by atoms with Gasteiger partial charge in [0.15, 0.2) is 5.12 Å². The van der Waals surface area contributed by atoms with E-state index in [2.05, 4.69) is 6.92 Å². The standard InChI is InChI=1S/C20H40O4S10/c1-2-11-33(23)14-10-29-19-31-18-28-7-8-32-20(22)4-6-27-17-30-16-26-5-3-12-34(24)13-9-25-15-21/h21H,2-19H2,1H3. The maximum Gasteiger partial charge on any atom is 0.189 e. The molecule has 0 heterocycles. The van der Waals surface area contributed by atoms with E-state index >= 15 is 0 Å². The molecule has 0 aromatic carbocycles. The van der Waals surface area contributed by atoms with Crippen molar-refractivity contribution in [2.24, 2.45) is 0 Å². The number of thioether (sulfide) groups is 8. The Morgan fingerprint density at radius 3 is 1.85 bits per heavy atom. The summed E-state index contributed by atoms with van der Waals surface area (Å²) < 4.78 is 23.3. The van der Waals surface area contributed by atoms with Crippen LogP contribution in [0.2, 0.25) is 0 Å². The molecule has 0 fully saturated rings. The fourth-order valence-corrected chi connectivity index (χ4v) is 13.8. The highest BCUT2D eigenvalue weighted by atomic mass is 32.2. The molecular weight excluding hydrogens is 625 g/mol. The van der Waals surface area contributed by atoms with Crippen molar-refractivity contribution in [3.8, 4) is 0 Å². The van der Waals surface area contributed by atoms with Gasteiger partial charge in [-0.15, -0.1) is 35.3 Å². The molecule has 2 atom stereocenters. The average molecular weight is 665 g/mol. The maximum atomic E-state index is 12.0. The summed E-state index contributed by atoms with van der Waals surface area (Å²) in [6.45, 7) is 2.07. The molecule has 34 heavy (non-hydrogen) atoms. The molecule has 1 N–H and O–H groups in total. The van der Waals surface area contributed by atoms with Gasteiger partial charge in [0.05, 0.1) is 5.94 Å². The Morgan fingerprint density at radius 1 is 0.647 bits per heavy atom. The van der Waals surface area contributed by atoms with Crippen LogP contribution in [-0.2, 0) is 26.4 Å². The highest BCUT2D eigenvalue weighted by Gasteiger charge is 2.04. The molecule has 0 bridgehead atoms. The van der Waals surface area contributed by atoms with E-state index < -0.39 is 21.6 Å². The summed E-state index contributed by atoms with van der Waals surface area (Å²) >= 11 is 14.2. The molecule has 204 valence electrons. The molecule has 0 aliphatic rings. The third kappa shape index (κ3) is 29.3. The summed E-state index contributed by atoms with van der Waals surface area (Å²) in [5.74, 6) is 8.82. The first-order valence-electron chi connectivity index (χ1n) is 11.1. The summed E-state index contributed by atoms with van der Waals surface area (Å²) in [6.07, 6.45) is 2.64. The molecule has 14 heteroatoms. The van der Waals surface area contributed by atoms with Crippen LogP contribution in [0.5, 0.6) is 0 Å². The van der Waals surface area contributed by atoms with Gasteiger partial charge in [0.1, 0.15) is 0 Å². The molecule has 0 rings (SSSR count). The van der Waals surface area contributed by atoms with Crippen LogP contribution in [0, 0.1) is 0 Å². The Morgan fingerprint density at radius 2 is 1.21 bits per heavy atom. The van der Waals surface area contributed by atoms with Crippen molar-refractivity contribution in [1.82, 2.24) is 0 Å². The summed E-state index contributed by atoms with van der Waals surface area (Å²) in [6, 6.07) is 0. The highest BCUT2D eigenvalue weighted by Crippen LogP contribution is 2.21. The fraction of sp³-hybridized carbons (Fsp3) is 0.950. The molecule has 0 aliphatic carbocycles. The van der Waals surface area contributed by atoms with E-state index in [0.29, 0.717) is 17.3 Å². The van der Waals surface area contributed by atoms with Gasteiger partial charge in [-0.25, -0.2) is 0 Å². The number of carbonyl (C=O) groups is 1. The van der Waals surface area contributed by atoms with Crippen LogP contribution >= 0.6 is 94.1 Å². The van der Waals surface area contributed by atoms with Crippen molar-refractivity contribution in [1.29, 1.82) is 0 Å². The normalized spacial score (nSPS) is 13.2. The van der Waals surface area contributed by atoms with Crippen molar-refractivity contribution in [3.63, 3.8) is 0 Å². The number of aliphatic hydroxyl groups excluding tert-OH is 1. The van der Waals surface area contributed by atoms with Crippen molar-refractivity contribution in [2.45, 2.75) is 26.2 Å². The van der Waals surface area contributed by atoms with Crippen LogP contribution in [0.1, 0.15) is 26.2 Å². The Bertz CT molecular complexity index is 514. The first-order valence-corrected chi connectivity index (χ1v) is 23.1. The lowest BCUT2D eigenvalue weighted by molar-refractivity contribution is -0.110. The monoisotopic (exact) mass is 664 g/mol. The second-order valence-electron chi connectivity index (χ2n) is 6.57. The maximum absolute atomic E-state index is 12.0. The second kappa shape index (κ2) is 30.3. The van der Waals surface area contributed by atoms with Crippen LogP contribution in [-0.4, -0.2) is 102 Å². The molecule has 0 amide bonds. The van der Waals surface area contributed by atoms with Gasteiger partial charge in [-0.05, 0) is 18.6 Å². The summed E-state index contributed by atoms with van der Waals surface area (Å²) in [4.78, 5) is 12.0. The molecule has 0 aromatic heterocycles. The highest BCUT2D eigenvalue weighted by molar-refractivity contribution is 8.23. The summed E-state index contributed by atoms with van der Waals surface area (Å²) in [5, 5.41) is 13.2. The minimum Gasteiger partial charge on any atom is -0.386 e. The van der Waals surface area contributed by atoms with E-state index in [9.17, 15) is 13.2 Å². The Kier molecular flexibility index (Phi) is 32.7. The first-order chi connectivity index (χ1) is 16.6. The Labute approximate surface area is 246 Å². The van der Waals surface area contributed by atoms with Crippen LogP contribution in [0.4, 0.5) is 0 Å². The van der Waals surface area contributed by atoms with Gasteiger partial charge >= 0.3 is 0 Å². The number of hydrogen-bond acceptors (Lipinski definition) is 12. The molecule has 0 aliphatic heterocycles. The van der Waals surface area contributed by atoms with Crippen molar-refractivity contribution >= 4 is 121 Å². The van der Waals surface area contributed by atoms with Crippen LogP contribution in [0.15, 0.2) is 0 Å². The quantitative estimate of drug-likeness (QED) is 0.0847. The average Bonchev–Trinajstić information content (AvgIpc) is 2.81. The lowest BCUT2D eigenvalue weighted by Gasteiger charge is -2.04. The number of hydrogen-bond donors (Lipinski definition) is 1. The third-order valence-electron chi connectivity index (χ3n) is 3.70. The lowest BCUT2D eigenvalue weighted by atomic mass is 10.5. The number of carbonyl (C=O) groups excluding carboxylic acids is 1. The van der Waals surface area contributed by atoms with Gasteiger partial charge in [-0.3, -0.25) is 13.2 Å². The van der Waals surface area contributed by atoms with E-state index in [-0.39, 0.29) is 5.94 Å². The molecule has 0 saturated carbocycles. The zero-order valence-corrected chi connectivity index (χ0v) is 28.1. The van der Waals surface area contributed by atoms with Crippen LogP contribution < -0.4 is 0 Å². The van der Waals surface area contributed by atoms with E-state index in [0.717, 1.165) is 85.0 Å². The largest absolute Gasteiger partial charge is 0.386 e. The predicted molar refractivity (Wildman–Crippen MR) is 177 cm³/mol. The van der Waals surface area contributed by atoms with Gasteiger partial charge in [-0.1, -0.05) is 18.7 Å². The second-order valence-corrected chi connectivity index (χ2v) is 20.0. The van der Waals surface area contributed by atoms with Crippen LogP contribution in [0.3, 0.4) is 0 Å². The minimum absolute atomic E-state index is 0.111. The van der Waals surface area contributed by atoms with E-state index in [4.69, 9.17) is 5.11 Å². The van der Waals surface area contributed by atoms with Crippen molar-refractivity contribution < 1.29 is 18.3 Å². The van der Waals surface area contributed by atoms with E-state index in [1.807, 2.05) is 70.6 Å². The van der Waals surface area contributed by atoms with E-state index in [1.54, 1.807) is 0 Å². The lowest BCUT2D eigenvalue weighted by Crippen LogP contribution is -2.06. The van der Waals surface area contributed by atoms with Gasteiger partial charge in [0, 0.05) is 100 Å². The zero-order chi connectivity index (χ0) is 25.1. The van der Waals surface area contributed by atoms with Crippen molar-refractivity contribution in [3.05, 3.63) is 0 Å². The molecule has 0 saturated heterocycles. The minimum atomic E-state index is -0.748. The molecule has 0 spiro atoms. The van der Waals surface area contributed by atoms with Gasteiger partial charge in [0.2, 0.25) is 0 Å². The fourth-order valence-electron chi connectivity index (χ4n) is 2.10. The van der Waals surface area contributed by atoms with E-state index in [1.165, 1.54) is 23.5 Å². The SMILES string of the molecule is CCCS(=O)CCSCSCSCCSC(=O)CCSCSCSCCCS(=O)CCSCO. The Balaban J connectivity index is 3.25. The van der Waals surface area contributed by atoms with Crippen molar-refractivity contribution in [2.75, 3.05) is 83.8 Å².